The lowest BCUT2D eigenvalue weighted by Crippen LogP contribution is -2.38. The van der Waals surface area contributed by atoms with Gasteiger partial charge in [-0.15, -0.1) is 5.06 Å². The van der Waals surface area contributed by atoms with E-state index in [1.165, 1.54) is 0 Å². The number of alkyl carbamates (subject to hydrolysis) is 1. The van der Waals surface area contributed by atoms with Gasteiger partial charge in [-0.2, -0.15) is 0 Å². The molecule has 1 aliphatic heterocycles. The third-order valence-corrected chi connectivity index (χ3v) is 3.06. The van der Waals surface area contributed by atoms with Crippen LogP contribution in [0.3, 0.4) is 0 Å². The quantitative estimate of drug-likeness (QED) is 0.669. The van der Waals surface area contributed by atoms with E-state index in [0.717, 1.165) is 0 Å². The van der Waals surface area contributed by atoms with Gasteiger partial charge in [0.1, 0.15) is 5.60 Å². The Morgan fingerprint density at radius 3 is 2.29 bits per heavy atom. The Morgan fingerprint density at radius 2 is 1.75 bits per heavy atom. The summed E-state index contributed by atoms with van der Waals surface area (Å²) in [5.74, 6) is -1.64. The van der Waals surface area contributed by atoms with Crippen LogP contribution >= 0.6 is 0 Å². The van der Waals surface area contributed by atoms with Crippen molar-refractivity contribution in [3.8, 4) is 0 Å². The molecule has 0 aliphatic carbocycles. The monoisotopic (exact) mass is 343 g/mol. The van der Waals surface area contributed by atoms with Crippen LogP contribution in [0.25, 0.3) is 0 Å². The Balaban J connectivity index is 2.18. The van der Waals surface area contributed by atoms with Crippen molar-refractivity contribution in [2.45, 2.75) is 45.6 Å². The number of amides is 3. The molecule has 0 bridgehead atoms. The normalized spacial score (nSPS) is 15.0. The van der Waals surface area contributed by atoms with Crippen molar-refractivity contribution in [2.75, 3.05) is 26.7 Å². The van der Waals surface area contributed by atoms with Gasteiger partial charge in [0, 0.05) is 32.5 Å². The van der Waals surface area contributed by atoms with Gasteiger partial charge in [-0.3, -0.25) is 9.59 Å². The van der Waals surface area contributed by atoms with Crippen LogP contribution in [0.15, 0.2) is 0 Å². The minimum atomic E-state index is -0.648. The molecule has 24 heavy (non-hydrogen) atoms. The molecule has 9 nitrogen and oxygen atoms in total. The minimum Gasteiger partial charge on any atom is -0.444 e. The van der Waals surface area contributed by atoms with Crippen LogP contribution in [0, 0.1) is 0 Å². The maximum Gasteiger partial charge on any atom is 0.407 e. The first kappa shape index (κ1) is 19.9. The van der Waals surface area contributed by atoms with E-state index in [1.807, 2.05) is 4.90 Å². The summed E-state index contributed by atoms with van der Waals surface area (Å²) in [4.78, 5) is 52.3. The summed E-state index contributed by atoms with van der Waals surface area (Å²) in [6.07, 6.45) is -0.327. The van der Waals surface area contributed by atoms with Crippen LogP contribution in [0.2, 0.25) is 0 Å². The molecular formula is C15H25N3O6. The molecule has 1 fully saturated rings. The number of nitrogens with zero attached hydrogens (tertiary/aromatic N) is 2. The SMILES string of the molecule is CN(CCNC(=O)OC(C)(C)C)CCC(=O)ON1C(=O)CCC1=O. The van der Waals surface area contributed by atoms with Gasteiger partial charge < -0.3 is 19.8 Å². The Hall–Kier alpha value is -2.16. The number of carbonyl (C=O) groups is 4. The molecule has 1 N–H and O–H groups in total. The van der Waals surface area contributed by atoms with Gasteiger partial charge in [-0.1, -0.05) is 0 Å². The smallest absolute Gasteiger partial charge is 0.407 e. The van der Waals surface area contributed by atoms with Gasteiger partial charge in [0.2, 0.25) is 0 Å². The zero-order valence-corrected chi connectivity index (χ0v) is 14.6. The topological polar surface area (TPSA) is 105 Å². The van der Waals surface area contributed by atoms with E-state index in [4.69, 9.17) is 9.57 Å². The molecule has 0 radical (unpaired) electrons. The van der Waals surface area contributed by atoms with Gasteiger partial charge in [-0.25, -0.2) is 9.59 Å². The van der Waals surface area contributed by atoms with E-state index in [-0.39, 0.29) is 19.3 Å². The summed E-state index contributed by atoms with van der Waals surface area (Å²) >= 11 is 0. The first-order valence-electron chi connectivity index (χ1n) is 7.80. The van der Waals surface area contributed by atoms with Crippen LogP contribution in [0.5, 0.6) is 0 Å². The first-order chi connectivity index (χ1) is 11.1. The van der Waals surface area contributed by atoms with Crippen molar-refractivity contribution in [3.63, 3.8) is 0 Å². The minimum absolute atomic E-state index is 0.0278. The molecule has 0 spiro atoms. The Bertz CT molecular complexity index is 484. The average molecular weight is 343 g/mol. The van der Waals surface area contributed by atoms with Gasteiger partial charge >= 0.3 is 12.1 Å². The fourth-order valence-electron chi connectivity index (χ4n) is 1.86. The fraction of sp³-hybridized carbons (Fsp3) is 0.733. The van der Waals surface area contributed by atoms with Gasteiger partial charge in [0.05, 0.1) is 6.42 Å². The van der Waals surface area contributed by atoms with E-state index < -0.39 is 29.5 Å². The summed E-state index contributed by atoms with van der Waals surface area (Å²) in [6, 6.07) is 0. The van der Waals surface area contributed by atoms with E-state index in [9.17, 15) is 19.2 Å². The second kappa shape index (κ2) is 8.62. The molecule has 0 aromatic rings. The van der Waals surface area contributed by atoms with Gasteiger partial charge in [0.15, 0.2) is 0 Å². The molecule has 1 saturated heterocycles. The maximum absolute atomic E-state index is 11.6. The largest absolute Gasteiger partial charge is 0.444 e. The Labute approximate surface area is 141 Å². The van der Waals surface area contributed by atoms with Crippen molar-refractivity contribution >= 4 is 23.9 Å². The van der Waals surface area contributed by atoms with Crippen LogP contribution in [-0.2, 0) is 24.0 Å². The average Bonchev–Trinajstić information content (AvgIpc) is 2.75. The maximum atomic E-state index is 11.6. The van der Waals surface area contributed by atoms with Gasteiger partial charge in [-0.05, 0) is 27.8 Å². The number of likely N-dealkylation sites (N-methyl/N-ethyl adjacent to an activating group) is 1. The summed E-state index contributed by atoms with van der Waals surface area (Å²) < 4.78 is 5.10. The predicted octanol–water partition coefficient (Wildman–Crippen LogP) is 0.440. The van der Waals surface area contributed by atoms with E-state index in [2.05, 4.69) is 5.32 Å². The third-order valence-electron chi connectivity index (χ3n) is 3.06. The molecule has 1 heterocycles. The molecule has 0 aromatic heterocycles. The lowest BCUT2D eigenvalue weighted by atomic mass is 10.2. The summed E-state index contributed by atoms with van der Waals surface area (Å²) in [6.45, 7) is 6.57. The number of nitrogens with one attached hydrogen (secondary N) is 1. The lowest BCUT2D eigenvalue weighted by molar-refractivity contribution is -0.197. The molecule has 0 saturated carbocycles. The zero-order chi connectivity index (χ0) is 18.3. The molecule has 0 unspecified atom stereocenters. The standard InChI is InChI=1S/C15H25N3O6/c1-15(2,3)23-14(22)16-8-10-17(4)9-7-13(21)24-18-11(19)5-6-12(18)20/h5-10H2,1-4H3,(H,16,22). The second-order valence-corrected chi connectivity index (χ2v) is 6.53. The number of carbonyl (C=O) groups excluding carboxylic acids is 4. The third kappa shape index (κ3) is 7.40. The molecule has 9 heteroatoms. The number of imide groups is 1. The first-order valence-corrected chi connectivity index (χ1v) is 7.80. The number of rotatable bonds is 7. The molecule has 3 amide bonds. The number of ether oxygens (including phenoxy) is 1. The van der Waals surface area contributed by atoms with Crippen molar-refractivity contribution in [1.29, 1.82) is 0 Å². The lowest BCUT2D eigenvalue weighted by Gasteiger charge is -2.21. The molecule has 1 rings (SSSR count). The molecule has 136 valence electrons. The number of hydroxylamine groups is 2. The predicted molar refractivity (Wildman–Crippen MR) is 83.5 cm³/mol. The van der Waals surface area contributed by atoms with Crippen LogP contribution in [0.4, 0.5) is 4.79 Å². The van der Waals surface area contributed by atoms with Crippen LogP contribution in [-0.4, -0.2) is 66.1 Å². The highest BCUT2D eigenvalue weighted by atomic mass is 16.7. The van der Waals surface area contributed by atoms with E-state index >= 15 is 0 Å². The van der Waals surface area contributed by atoms with E-state index in [0.29, 0.717) is 24.7 Å². The zero-order valence-electron chi connectivity index (χ0n) is 14.6. The molecule has 1 aliphatic rings. The van der Waals surface area contributed by atoms with Crippen LogP contribution < -0.4 is 5.32 Å². The summed E-state index contributed by atoms with van der Waals surface area (Å²) in [5, 5.41) is 3.15. The summed E-state index contributed by atoms with van der Waals surface area (Å²) in [5.41, 5.74) is -0.551. The number of hydrogen-bond donors (Lipinski definition) is 1. The van der Waals surface area contributed by atoms with Crippen molar-refractivity contribution in [2.24, 2.45) is 0 Å². The fourth-order valence-corrected chi connectivity index (χ4v) is 1.86. The molecule has 0 aromatic carbocycles. The Kier molecular flexibility index (Phi) is 7.15. The van der Waals surface area contributed by atoms with Crippen molar-refractivity contribution in [1.82, 2.24) is 15.3 Å². The van der Waals surface area contributed by atoms with Crippen LogP contribution in [0.1, 0.15) is 40.0 Å². The van der Waals surface area contributed by atoms with Gasteiger partial charge in [0.25, 0.3) is 11.8 Å². The van der Waals surface area contributed by atoms with Crippen molar-refractivity contribution < 1.29 is 28.8 Å². The molecule has 0 atom stereocenters. The second-order valence-electron chi connectivity index (χ2n) is 6.53. The number of hydrogen-bond acceptors (Lipinski definition) is 7. The van der Waals surface area contributed by atoms with E-state index in [1.54, 1.807) is 27.8 Å². The highest BCUT2D eigenvalue weighted by Crippen LogP contribution is 2.12. The molecular weight excluding hydrogens is 318 g/mol. The highest BCUT2D eigenvalue weighted by molar-refractivity contribution is 6.01. The van der Waals surface area contributed by atoms with Crippen molar-refractivity contribution in [3.05, 3.63) is 0 Å². The Morgan fingerprint density at radius 1 is 1.17 bits per heavy atom. The summed E-state index contributed by atoms with van der Waals surface area (Å²) in [7, 11) is 1.77. The highest BCUT2D eigenvalue weighted by Gasteiger charge is 2.32.